The Morgan fingerprint density at radius 2 is 2.17 bits per heavy atom. The molecule has 5 nitrogen and oxygen atoms in total. The number of benzene rings is 1. The van der Waals surface area contributed by atoms with Gasteiger partial charge < -0.3 is 10.1 Å². The molecule has 1 fully saturated rings. The van der Waals surface area contributed by atoms with Crippen LogP contribution in [-0.2, 0) is 4.74 Å². The number of nitrogens with one attached hydrogen (secondary N) is 1. The van der Waals surface area contributed by atoms with Crippen molar-refractivity contribution >= 4 is 34.0 Å². The summed E-state index contributed by atoms with van der Waals surface area (Å²) in [7, 11) is 0. The van der Waals surface area contributed by atoms with Gasteiger partial charge in [-0.05, 0) is 37.6 Å². The van der Waals surface area contributed by atoms with E-state index in [9.17, 15) is 0 Å². The van der Waals surface area contributed by atoms with Gasteiger partial charge in [-0.15, -0.1) is 0 Å². The highest BCUT2D eigenvalue weighted by Crippen LogP contribution is 2.24. The first-order valence-corrected chi connectivity index (χ1v) is 8.72. The topological polar surface area (TPSA) is 49.8 Å². The van der Waals surface area contributed by atoms with Gasteiger partial charge in [-0.3, -0.25) is 14.9 Å². The monoisotopic (exact) mass is 346 g/mol. The quantitative estimate of drug-likeness (QED) is 0.512. The third kappa shape index (κ3) is 4.66. The zero-order valence-corrected chi connectivity index (χ0v) is 14.7. The maximum Gasteiger partial charge on any atom is 0.0975 e. The van der Waals surface area contributed by atoms with Crippen molar-refractivity contribution in [1.82, 2.24) is 9.88 Å². The number of aromatic nitrogens is 1. The molecule has 0 bridgehead atoms. The molecule has 3 rings (SSSR count). The van der Waals surface area contributed by atoms with E-state index in [2.05, 4.69) is 20.2 Å². The maximum absolute atomic E-state index is 6.03. The second-order valence-electron chi connectivity index (χ2n) is 5.92. The molecule has 0 unspecified atom stereocenters. The van der Waals surface area contributed by atoms with Gasteiger partial charge in [0.05, 0.1) is 30.3 Å². The first kappa shape index (κ1) is 17.1. The fourth-order valence-electron chi connectivity index (χ4n) is 2.83. The molecule has 2 aromatic rings. The molecule has 0 amide bonds. The average molecular weight is 347 g/mol. The van der Waals surface area contributed by atoms with Crippen molar-refractivity contribution in [2.24, 2.45) is 4.99 Å². The summed E-state index contributed by atoms with van der Waals surface area (Å²) in [6, 6.07) is 7.70. The minimum atomic E-state index is 0.695. The maximum atomic E-state index is 6.03. The van der Waals surface area contributed by atoms with Crippen molar-refractivity contribution < 1.29 is 4.74 Å². The molecule has 0 saturated carbocycles. The molecule has 6 heteroatoms. The number of hydrogen-bond acceptors (Lipinski definition) is 4. The predicted molar refractivity (Wildman–Crippen MR) is 100 cm³/mol. The Balaban J connectivity index is 1.55. The summed E-state index contributed by atoms with van der Waals surface area (Å²) in [5.41, 5.74) is 1.89. The highest BCUT2D eigenvalue weighted by Gasteiger charge is 2.09. The van der Waals surface area contributed by atoms with Crippen LogP contribution in [0.15, 0.2) is 35.5 Å². The van der Waals surface area contributed by atoms with E-state index >= 15 is 0 Å². The Morgan fingerprint density at radius 1 is 1.33 bits per heavy atom. The van der Waals surface area contributed by atoms with Crippen molar-refractivity contribution in [3.8, 4) is 0 Å². The van der Waals surface area contributed by atoms with Crippen LogP contribution in [0.25, 0.3) is 10.9 Å². The van der Waals surface area contributed by atoms with E-state index in [1.807, 2.05) is 31.2 Å². The third-order valence-corrected chi connectivity index (χ3v) is 4.34. The second-order valence-corrected chi connectivity index (χ2v) is 6.36. The van der Waals surface area contributed by atoms with Crippen LogP contribution in [0.4, 0.5) is 5.69 Å². The van der Waals surface area contributed by atoms with Gasteiger partial charge in [0.1, 0.15) is 0 Å². The van der Waals surface area contributed by atoms with Crippen LogP contribution < -0.4 is 5.32 Å². The van der Waals surface area contributed by atoms with Crippen LogP contribution in [0.3, 0.4) is 0 Å². The van der Waals surface area contributed by atoms with E-state index in [1.165, 1.54) is 0 Å². The molecule has 2 heterocycles. The summed E-state index contributed by atoms with van der Waals surface area (Å²) in [6.45, 7) is 7.67. The fraction of sp³-hybridized carbons (Fsp3) is 0.444. The van der Waals surface area contributed by atoms with E-state index < -0.39 is 0 Å². The molecule has 0 radical (unpaired) electrons. The number of fused-ring (bicyclic) bond motifs is 1. The lowest BCUT2D eigenvalue weighted by Crippen LogP contribution is -2.37. The van der Waals surface area contributed by atoms with E-state index in [4.69, 9.17) is 16.3 Å². The standard InChI is InChI=1S/C18H23ClN4O/c1-14(20-6-2-8-23-9-11-24-12-10-23)22-17-5-7-21-18-13-15(19)3-4-16(17)18/h3-5,7,13H,2,6,8-12H2,1H3,(H,20,21,22). The molecule has 0 aliphatic carbocycles. The summed E-state index contributed by atoms with van der Waals surface area (Å²) in [4.78, 5) is 11.4. The number of aliphatic imine (C=N–C) groups is 1. The molecule has 1 aromatic carbocycles. The molecule has 128 valence electrons. The first-order chi connectivity index (χ1) is 11.7. The predicted octanol–water partition coefficient (Wildman–Crippen LogP) is 3.44. The van der Waals surface area contributed by atoms with Crippen molar-refractivity contribution in [2.45, 2.75) is 13.3 Å². The van der Waals surface area contributed by atoms with Gasteiger partial charge in [-0.2, -0.15) is 0 Å². The summed E-state index contributed by atoms with van der Waals surface area (Å²) >= 11 is 6.03. The van der Waals surface area contributed by atoms with Gasteiger partial charge in [-0.25, -0.2) is 0 Å². The number of anilines is 1. The Bertz CT molecular complexity index is 713. The van der Waals surface area contributed by atoms with Gasteiger partial charge in [-0.1, -0.05) is 11.6 Å². The van der Waals surface area contributed by atoms with Gasteiger partial charge in [0, 0.05) is 42.8 Å². The number of pyridine rings is 1. The largest absolute Gasteiger partial charge is 0.379 e. The van der Waals surface area contributed by atoms with Crippen molar-refractivity contribution in [3.05, 3.63) is 35.5 Å². The average Bonchev–Trinajstić information content (AvgIpc) is 2.59. The Hall–Kier alpha value is -1.69. The summed E-state index contributed by atoms with van der Waals surface area (Å²) in [6.07, 6.45) is 2.85. The van der Waals surface area contributed by atoms with Crippen molar-refractivity contribution in [2.75, 3.05) is 44.7 Å². The lowest BCUT2D eigenvalue weighted by molar-refractivity contribution is 0.0377. The zero-order chi connectivity index (χ0) is 16.8. The Morgan fingerprint density at radius 3 is 3.00 bits per heavy atom. The lowest BCUT2D eigenvalue weighted by Gasteiger charge is -2.26. The summed E-state index contributed by atoms with van der Waals surface area (Å²) in [5, 5.41) is 5.12. The number of ether oxygens (including phenoxy) is 1. The Labute approximate surface area is 147 Å². The van der Waals surface area contributed by atoms with Crippen molar-refractivity contribution in [1.29, 1.82) is 0 Å². The molecule has 1 aromatic heterocycles. The number of rotatable bonds is 5. The highest BCUT2D eigenvalue weighted by atomic mass is 35.5. The molecule has 1 saturated heterocycles. The number of amidine groups is 1. The van der Waals surface area contributed by atoms with Crippen LogP contribution in [0.1, 0.15) is 13.3 Å². The molecule has 0 spiro atoms. The molecular weight excluding hydrogens is 324 g/mol. The Kier molecular flexibility index (Phi) is 6.01. The summed E-state index contributed by atoms with van der Waals surface area (Å²) in [5.74, 6) is 0.916. The second kappa shape index (κ2) is 8.42. The highest BCUT2D eigenvalue weighted by molar-refractivity contribution is 6.31. The van der Waals surface area contributed by atoms with Gasteiger partial charge in [0.15, 0.2) is 0 Å². The lowest BCUT2D eigenvalue weighted by atomic mass is 10.2. The van der Waals surface area contributed by atoms with Crippen LogP contribution in [0.2, 0.25) is 5.02 Å². The molecule has 24 heavy (non-hydrogen) atoms. The molecular formula is C18H23ClN4O. The van der Waals surface area contributed by atoms with E-state index in [1.54, 1.807) is 6.20 Å². The fourth-order valence-corrected chi connectivity index (χ4v) is 3.00. The van der Waals surface area contributed by atoms with E-state index in [0.717, 1.165) is 68.2 Å². The molecule has 1 aliphatic heterocycles. The van der Waals surface area contributed by atoms with E-state index in [0.29, 0.717) is 5.02 Å². The van der Waals surface area contributed by atoms with Crippen LogP contribution in [0, 0.1) is 0 Å². The van der Waals surface area contributed by atoms with Crippen LogP contribution in [-0.4, -0.2) is 55.1 Å². The zero-order valence-electron chi connectivity index (χ0n) is 14.0. The van der Waals surface area contributed by atoms with Gasteiger partial charge in [0.2, 0.25) is 0 Å². The van der Waals surface area contributed by atoms with Gasteiger partial charge in [0.25, 0.3) is 0 Å². The molecule has 1 aliphatic rings. The number of morpholine rings is 1. The molecule has 1 N–H and O–H groups in total. The summed E-state index contributed by atoms with van der Waals surface area (Å²) < 4.78 is 5.36. The first-order valence-electron chi connectivity index (χ1n) is 8.35. The van der Waals surface area contributed by atoms with Crippen LogP contribution in [0.5, 0.6) is 0 Å². The third-order valence-electron chi connectivity index (χ3n) is 4.11. The van der Waals surface area contributed by atoms with Gasteiger partial charge >= 0.3 is 0 Å². The van der Waals surface area contributed by atoms with E-state index in [-0.39, 0.29) is 0 Å². The smallest absolute Gasteiger partial charge is 0.0975 e. The molecule has 0 atom stereocenters. The number of hydrogen-bond donors (Lipinski definition) is 1. The van der Waals surface area contributed by atoms with Crippen LogP contribution >= 0.6 is 11.6 Å². The minimum Gasteiger partial charge on any atom is -0.379 e. The number of halogens is 1. The minimum absolute atomic E-state index is 0.695. The SMILES string of the molecule is CC(=NCCCN1CCOCC1)Nc1ccnc2cc(Cl)ccc12. The number of nitrogens with zero attached hydrogens (tertiary/aromatic N) is 3. The van der Waals surface area contributed by atoms with Crippen molar-refractivity contribution in [3.63, 3.8) is 0 Å². The normalized spacial score (nSPS) is 16.5.